The van der Waals surface area contributed by atoms with E-state index in [0.29, 0.717) is 0 Å². The van der Waals surface area contributed by atoms with E-state index in [2.05, 4.69) is 82.9 Å². The number of anilines is 3. The minimum atomic E-state index is 0.109. The molecule has 0 radical (unpaired) electrons. The summed E-state index contributed by atoms with van der Waals surface area (Å²) < 4.78 is 0. The van der Waals surface area contributed by atoms with Crippen molar-refractivity contribution in [3.8, 4) is 0 Å². The molecule has 0 fully saturated rings. The molecule has 3 heteroatoms. The SMILES string of the molecule is Cc1cnc2c(c1)C=Cc1cccnc1N2c1c(C)cc(C(C)(C)C)cc1C. The van der Waals surface area contributed by atoms with Crippen LogP contribution in [0.15, 0.2) is 42.7 Å². The highest BCUT2D eigenvalue weighted by atomic mass is 15.2. The van der Waals surface area contributed by atoms with Crippen LogP contribution in [0.2, 0.25) is 0 Å². The molecular formula is C25H27N3. The van der Waals surface area contributed by atoms with E-state index in [9.17, 15) is 0 Å². The Labute approximate surface area is 167 Å². The van der Waals surface area contributed by atoms with Crippen LogP contribution in [0, 0.1) is 20.8 Å². The molecule has 0 unspecified atom stereocenters. The standard InChI is InChI=1S/C25H27N3/c1-16-12-20-10-9-19-8-7-11-26-23(19)28(24(20)27-15-16)22-17(2)13-21(14-18(22)3)25(4,5)6/h7-15H,1-6H3. The van der Waals surface area contributed by atoms with Gasteiger partial charge in [0.25, 0.3) is 0 Å². The number of fused-ring (bicyclic) bond motifs is 2. The van der Waals surface area contributed by atoms with Gasteiger partial charge in [0.2, 0.25) is 0 Å². The molecule has 0 saturated carbocycles. The number of aryl methyl sites for hydroxylation is 3. The van der Waals surface area contributed by atoms with E-state index in [1.54, 1.807) is 0 Å². The van der Waals surface area contributed by atoms with Gasteiger partial charge in [0.1, 0.15) is 11.6 Å². The minimum absolute atomic E-state index is 0.109. The molecule has 0 amide bonds. The molecule has 3 nitrogen and oxygen atoms in total. The Bertz CT molecular complexity index is 1060. The van der Waals surface area contributed by atoms with Crippen LogP contribution in [-0.2, 0) is 5.41 Å². The monoisotopic (exact) mass is 369 g/mol. The van der Waals surface area contributed by atoms with Crippen LogP contribution >= 0.6 is 0 Å². The third kappa shape index (κ3) is 3.11. The highest BCUT2D eigenvalue weighted by Crippen LogP contribution is 2.43. The molecule has 2 aromatic heterocycles. The average Bonchev–Trinajstić information content (AvgIpc) is 2.78. The maximum absolute atomic E-state index is 4.82. The molecule has 0 saturated heterocycles. The van der Waals surface area contributed by atoms with E-state index in [0.717, 1.165) is 34.0 Å². The molecule has 1 aliphatic heterocycles. The summed E-state index contributed by atoms with van der Waals surface area (Å²) in [4.78, 5) is 11.8. The van der Waals surface area contributed by atoms with Gasteiger partial charge in [0, 0.05) is 23.5 Å². The molecule has 0 bridgehead atoms. The third-order valence-electron chi connectivity index (χ3n) is 5.30. The van der Waals surface area contributed by atoms with E-state index in [1.165, 1.54) is 16.7 Å². The first kappa shape index (κ1) is 18.4. The second kappa shape index (κ2) is 6.59. The van der Waals surface area contributed by atoms with Crippen molar-refractivity contribution in [1.29, 1.82) is 0 Å². The molecule has 1 aliphatic rings. The van der Waals surface area contributed by atoms with Crippen LogP contribution in [0.3, 0.4) is 0 Å². The van der Waals surface area contributed by atoms with Gasteiger partial charge in [-0.25, -0.2) is 9.97 Å². The number of nitrogens with zero attached hydrogens (tertiary/aromatic N) is 3. The minimum Gasteiger partial charge on any atom is -0.277 e. The first-order valence-electron chi connectivity index (χ1n) is 9.77. The highest BCUT2D eigenvalue weighted by Gasteiger charge is 2.26. The van der Waals surface area contributed by atoms with E-state index in [4.69, 9.17) is 9.97 Å². The van der Waals surface area contributed by atoms with Crippen molar-refractivity contribution in [2.45, 2.75) is 47.0 Å². The van der Waals surface area contributed by atoms with Crippen molar-refractivity contribution in [2.24, 2.45) is 0 Å². The van der Waals surface area contributed by atoms with Gasteiger partial charge >= 0.3 is 0 Å². The van der Waals surface area contributed by atoms with E-state index in [-0.39, 0.29) is 5.41 Å². The normalized spacial score (nSPS) is 13.1. The zero-order valence-electron chi connectivity index (χ0n) is 17.5. The number of hydrogen-bond acceptors (Lipinski definition) is 3. The van der Waals surface area contributed by atoms with Crippen molar-refractivity contribution >= 4 is 29.5 Å². The number of rotatable bonds is 1. The summed E-state index contributed by atoms with van der Waals surface area (Å²) in [6.07, 6.45) is 8.06. The summed E-state index contributed by atoms with van der Waals surface area (Å²) in [6, 6.07) is 10.9. The van der Waals surface area contributed by atoms with Crippen molar-refractivity contribution in [1.82, 2.24) is 9.97 Å². The summed E-state index contributed by atoms with van der Waals surface area (Å²) >= 11 is 0. The number of hydrogen-bond donors (Lipinski definition) is 0. The second-order valence-corrected chi connectivity index (χ2v) is 8.72. The van der Waals surface area contributed by atoms with Crippen molar-refractivity contribution in [3.05, 3.63) is 76.1 Å². The van der Waals surface area contributed by atoms with Crippen LogP contribution < -0.4 is 4.90 Å². The second-order valence-electron chi connectivity index (χ2n) is 8.72. The smallest absolute Gasteiger partial charge is 0.146 e. The van der Waals surface area contributed by atoms with Gasteiger partial charge in [0.15, 0.2) is 0 Å². The maximum atomic E-state index is 4.82. The van der Waals surface area contributed by atoms with Crippen LogP contribution in [0.1, 0.15) is 54.2 Å². The number of aromatic nitrogens is 2. The Morgan fingerprint density at radius 3 is 2.14 bits per heavy atom. The fourth-order valence-electron chi connectivity index (χ4n) is 3.85. The van der Waals surface area contributed by atoms with Gasteiger partial charge in [0.05, 0.1) is 5.69 Å². The van der Waals surface area contributed by atoms with E-state index >= 15 is 0 Å². The molecule has 3 heterocycles. The quantitative estimate of drug-likeness (QED) is 0.376. The van der Waals surface area contributed by atoms with Gasteiger partial charge in [-0.15, -0.1) is 0 Å². The lowest BCUT2D eigenvalue weighted by molar-refractivity contribution is 0.589. The molecule has 0 atom stereocenters. The lowest BCUT2D eigenvalue weighted by atomic mass is 9.84. The topological polar surface area (TPSA) is 29.0 Å². The van der Waals surface area contributed by atoms with Crippen molar-refractivity contribution in [3.63, 3.8) is 0 Å². The van der Waals surface area contributed by atoms with Gasteiger partial charge in [-0.05, 0) is 66.6 Å². The van der Waals surface area contributed by atoms with Gasteiger partial charge < -0.3 is 0 Å². The summed E-state index contributed by atoms with van der Waals surface area (Å²) in [5.41, 5.74) is 8.44. The zero-order valence-corrected chi connectivity index (χ0v) is 17.5. The van der Waals surface area contributed by atoms with Crippen molar-refractivity contribution in [2.75, 3.05) is 4.90 Å². The Kier molecular flexibility index (Phi) is 4.34. The first-order chi connectivity index (χ1) is 13.3. The van der Waals surface area contributed by atoms with Crippen molar-refractivity contribution < 1.29 is 0 Å². The summed E-state index contributed by atoms with van der Waals surface area (Å²) in [6.45, 7) is 13.2. The average molecular weight is 370 g/mol. The highest BCUT2D eigenvalue weighted by molar-refractivity contribution is 5.91. The Hall–Kier alpha value is -2.94. The van der Waals surface area contributed by atoms with Gasteiger partial charge in [-0.1, -0.05) is 45.1 Å². The summed E-state index contributed by atoms with van der Waals surface area (Å²) in [5, 5.41) is 0. The van der Waals surface area contributed by atoms with E-state index < -0.39 is 0 Å². The molecule has 0 aliphatic carbocycles. The van der Waals surface area contributed by atoms with Crippen LogP contribution in [-0.4, -0.2) is 9.97 Å². The molecular weight excluding hydrogens is 342 g/mol. The molecule has 4 rings (SSSR count). The first-order valence-corrected chi connectivity index (χ1v) is 9.77. The Balaban J connectivity index is 2.01. The van der Waals surface area contributed by atoms with Gasteiger partial charge in [-0.2, -0.15) is 0 Å². The van der Waals surface area contributed by atoms with Crippen LogP contribution in [0.25, 0.3) is 12.2 Å². The predicted octanol–water partition coefficient (Wildman–Crippen LogP) is 6.65. The number of pyridine rings is 2. The Morgan fingerprint density at radius 2 is 1.46 bits per heavy atom. The zero-order chi connectivity index (χ0) is 20.1. The predicted molar refractivity (Wildman–Crippen MR) is 119 cm³/mol. The Morgan fingerprint density at radius 1 is 0.821 bits per heavy atom. The maximum Gasteiger partial charge on any atom is 0.146 e. The molecule has 1 aromatic carbocycles. The summed E-state index contributed by atoms with van der Waals surface area (Å²) in [7, 11) is 0. The molecule has 28 heavy (non-hydrogen) atoms. The summed E-state index contributed by atoms with van der Waals surface area (Å²) in [5.74, 6) is 1.84. The molecule has 142 valence electrons. The van der Waals surface area contributed by atoms with E-state index in [1.807, 2.05) is 18.5 Å². The lowest BCUT2D eigenvalue weighted by Crippen LogP contribution is -2.19. The lowest BCUT2D eigenvalue weighted by Gasteiger charge is -2.30. The van der Waals surface area contributed by atoms with Crippen LogP contribution in [0.5, 0.6) is 0 Å². The third-order valence-corrected chi connectivity index (χ3v) is 5.30. The molecule has 0 N–H and O–H groups in total. The largest absolute Gasteiger partial charge is 0.277 e. The molecule has 0 spiro atoms. The number of benzene rings is 1. The van der Waals surface area contributed by atoms with Gasteiger partial charge in [-0.3, -0.25) is 4.90 Å². The fourth-order valence-corrected chi connectivity index (χ4v) is 3.85. The molecule has 3 aromatic rings. The van der Waals surface area contributed by atoms with Crippen LogP contribution in [0.4, 0.5) is 17.3 Å². The fraction of sp³-hybridized carbons (Fsp3) is 0.280.